The lowest BCUT2D eigenvalue weighted by Gasteiger charge is -2.18. The fraction of sp³-hybridized carbons (Fsp3) is 0.588. The first-order valence-corrected chi connectivity index (χ1v) is 10.4. The molecule has 1 saturated heterocycles. The van der Waals surface area contributed by atoms with E-state index in [2.05, 4.69) is 15.6 Å². The fourth-order valence-electron chi connectivity index (χ4n) is 2.80. The summed E-state index contributed by atoms with van der Waals surface area (Å²) in [5.74, 6) is 1.94. The summed E-state index contributed by atoms with van der Waals surface area (Å²) in [5, 5.41) is 16.7. The Morgan fingerprint density at radius 1 is 1.38 bits per heavy atom. The molecule has 0 aromatic heterocycles. The zero-order valence-electron chi connectivity index (χ0n) is 15.4. The summed E-state index contributed by atoms with van der Waals surface area (Å²) < 4.78 is 33.7. The number of aliphatic hydroxyl groups excluding tert-OH is 1. The monoisotopic (exact) mass is 385 g/mol. The Balaban J connectivity index is 2.08. The van der Waals surface area contributed by atoms with Crippen LogP contribution in [0.15, 0.2) is 23.2 Å². The lowest BCUT2D eigenvalue weighted by atomic mass is 10.1. The minimum absolute atomic E-state index is 0.0956. The van der Waals surface area contributed by atoms with Gasteiger partial charge in [0.2, 0.25) is 0 Å². The number of guanidine groups is 1. The number of aliphatic hydroxyl groups is 1. The van der Waals surface area contributed by atoms with E-state index in [-0.39, 0.29) is 24.1 Å². The van der Waals surface area contributed by atoms with E-state index in [9.17, 15) is 13.5 Å². The Labute approximate surface area is 154 Å². The van der Waals surface area contributed by atoms with Gasteiger partial charge in [-0.1, -0.05) is 0 Å². The number of hydrogen-bond acceptors (Lipinski definition) is 6. The second-order valence-electron chi connectivity index (χ2n) is 6.09. The molecule has 1 aliphatic rings. The molecule has 0 spiro atoms. The molecular formula is C17H27N3O5S. The van der Waals surface area contributed by atoms with Crippen molar-refractivity contribution in [2.45, 2.75) is 25.5 Å². The van der Waals surface area contributed by atoms with Crippen LogP contribution >= 0.6 is 0 Å². The maximum atomic E-state index is 11.6. The molecule has 9 heteroatoms. The highest BCUT2D eigenvalue weighted by Crippen LogP contribution is 2.29. The number of nitrogens with one attached hydrogen (secondary N) is 2. The van der Waals surface area contributed by atoms with Crippen LogP contribution in [-0.4, -0.2) is 64.3 Å². The summed E-state index contributed by atoms with van der Waals surface area (Å²) in [6.07, 6.45) is -0.332. The zero-order valence-corrected chi connectivity index (χ0v) is 16.2. The van der Waals surface area contributed by atoms with Gasteiger partial charge in [-0.25, -0.2) is 8.42 Å². The van der Waals surface area contributed by atoms with Crippen molar-refractivity contribution in [1.29, 1.82) is 0 Å². The highest BCUT2D eigenvalue weighted by Gasteiger charge is 2.28. The Bertz CT molecular complexity index is 736. The highest BCUT2D eigenvalue weighted by molar-refractivity contribution is 7.91. The second-order valence-corrected chi connectivity index (χ2v) is 8.32. The molecule has 0 radical (unpaired) electrons. The van der Waals surface area contributed by atoms with E-state index in [4.69, 9.17) is 9.47 Å². The number of nitrogens with zero attached hydrogens (tertiary/aromatic N) is 1. The summed E-state index contributed by atoms with van der Waals surface area (Å²) in [7, 11) is 0.118. The molecule has 0 bridgehead atoms. The van der Waals surface area contributed by atoms with Crippen LogP contribution in [-0.2, 0) is 9.84 Å². The summed E-state index contributed by atoms with van der Waals surface area (Å²) >= 11 is 0. The molecule has 26 heavy (non-hydrogen) atoms. The van der Waals surface area contributed by atoms with Gasteiger partial charge in [0.05, 0.1) is 32.3 Å². The van der Waals surface area contributed by atoms with Crippen LogP contribution in [0.3, 0.4) is 0 Å². The molecule has 1 heterocycles. The van der Waals surface area contributed by atoms with Crippen LogP contribution in [0.2, 0.25) is 0 Å². The van der Waals surface area contributed by atoms with E-state index in [0.717, 1.165) is 0 Å². The van der Waals surface area contributed by atoms with Crippen LogP contribution in [0.4, 0.5) is 0 Å². The summed E-state index contributed by atoms with van der Waals surface area (Å²) in [5.41, 5.74) is 0.579. The number of methoxy groups -OCH3 is 2. The Morgan fingerprint density at radius 3 is 2.73 bits per heavy atom. The van der Waals surface area contributed by atoms with E-state index in [1.807, 2.05) is 6.92 Å². The van der Waals surface area contributed by atoms with Gasteiger partial charge in [-0.15, -0.1) is 0 Å². The second kappa shape index (κ2) is 9.09. The normalized spacial score (nSPS) is 20.5. The van der Waals surface area contributed by atoms with Crippen molar-refractivity contribution < 1.29 is 23.0 Å². The third-order valence-electron chi connectivity index (χ3n) is 4.14. The largest absolute Gasteiger partial charge is 0.497 e. The number of rotatable bonds is 7. The molecule has 3 N–H and O–H groups in total. The van der Waals surface area contributed by atoms with Gasteiger partial charge in [-0.3, -0.25) is 4.99 Å². The van der Waals surface area contributed by atoms with Gasteiger partial charge in [0.1, 0.15) is 17.6 Å². The first-order valence-electron chi connectivity index (χ1n) is 8.53. The average Bonchev–Trinajstić information content (AvgIpc) is 2.97. The Kier molecular flexibility index (Phi) is 7.10. The molecular weight excluding hydrogens is 358 g/mol. The van der Waals surface area contributed by atoms with E-state index >= 15 is 0 Å². The maximum absolute atomic E-state index is 11.6. The van der Waals surface area contributed by atoms with Crippen LogP contribution in [0.5, 0.6) is 11.5 Å². The lowest BCUT2D eigenvalue weighted by Crippen LogP contribution is -2.44. The highest BCUT2D eigenvalue weighted by atomic mass is 32.2. The van der Waals surface area contributed by atoms with Crippen molar-refractivity contribution in [3.8, 4) is 11.5 Å². The molecule has 1 aromatic carbocycles. The number of aliphatic imine (C=N–C) groups is 1. The standard InChI is InChI=1S/C17H27N3O5S/c1-4-18-17(20-12-7-8-26(22,23)11-12)19-10-15(21)14-9-13(24-2)5-6-16(14)25-3/h5-6,9,12,15,21H,4,7-8,10-11H2,1-3H3,(H2,18,19,20). The van der Waals surface area contributed by atoms with Gasteiger partial charge in [0.25, 0.3) is 0 Å². The predicted molar refractivity (Wildman–Crippen MR) is 101 cm³/mol. The van der Waals surface area contributed by atoms with Gasteiger partial charge in [0.15, 0.2) is 15.8 Å². The van der Waals surface area contributed by atoms with Crippen LogP contribution in [0, 0.1) is 0 Å². The molecule has 1 fully saturated rings. The van der Waals surface area contributed by atoms with E-state index < -0.39 is 15.9 Å². The van der Waals surface area contributed by atoms with Crippen LogP contribution in [0.25, 0.3) is 0 Å². The van der Waals surface area contributed by atoms with Crippen LogP contribution < -0.4 is 20.1 Å². The maximum Gasteiger partial charge on any atom is 0.191 e. The third-order valence-corrected chi connectivity index (χ3v) is 5.90. The number of ether oxygens (including phenoxy) is 2. The topological polar surface area (TPSA) is 109 Å². The van der Waals surface area contributed by atoms with Crippen molar-refractivity contribution >= 4 is 15.8 Å². The molecule has 1 aromatic rings. The number of benzene rings is 1. The Morgan fingerprint density at radius 2 is 2.15 bits per heavy atom. The zero-order chi connectivity index (χ0) is 19.2. The fourth-order valence-corrected chi connectivity index (χ4v) is 4.47. The van der Waals surface area contributed by atoms with Crippen molar-refractivity contribution in [2.75, 3.05) is 38.8 Å². The van der Waals surface area contributed by atoms with Gasteiger partial charge >= 0.3 is 0 Å². The van der Waals surface area contributed by atoms with Gasteiger partial charge in [-0.2, -0.15) is 0 Å². The molecule has 1 aliphatic heterocycles. The van der Waals surface area contributed by atoms with E-state index in [0.29, 0.717) is 36.0 Å². The lowest BCUT2D eigenvalue weighted by molar-refractivity contribution is 0.182. The van der Waals surface area contributed by atoms with E-state index in [1.54, 1.807) is 25.3 Å². The molecule has 2 atom stereocenters. The molecule has 0 saturated carbocycles. The number of sulfone groups is 1. The minimum Gasteiger partial charge on any atom is -0.497 e. The SMILES string of the molecule is CCNC(=NCC(O)c1cc(OC)ccc1OC)NC1CCS(=O)(=O)C1. The quantitative estimate of drug-likeness (QED) is 0.463. The van der Waals surface area contributed by atoms with Crippen molar-refractivity contribution in [1.82, 2.24) is 10.6 Å². The first kappa shape index (κ1) is 20.3. The molecule has 2 rings (SSSR count). The van der Waals surface area contributed by atoms with Gasteiger partial charge in [-0.05, 0) is 31.5 Å². The molecule has 8 nitrogen and oxygen atoms in total. The summed E-state index contributed by atoms with van der Waals surface area (Å²) in [6.45, 7) is 2.65. The van der Waals surface area contributed by atoms with Crippen molar-refractivity contribution in [2.24, 2.45) is 4.99 Å². The molecule has 2 unspecified atom stereocenters. The van der Waals surface area contributed by atoms with Crippen molar-refractivity contribution in [3.63, 3.8) is 0 Å². The first-order chi connectivity index (χ1) is 12.4. The number of hydrogen-bond donors (Lipinski definition) is 3. The third kappa shape index (κ3) is 5.50. The molecule has 146 valence electrons. The Hall–Kier alpha value is -2.00. The molecule has 0 amide bonds. The van der Waals surface area contributed by atoms with Gasteiger partial charge in [0, 0.05) is 18.2 Å². The minimum atomic E-state index is -2.97. The van der Waals surface area contributed by atoms with Crippen LogP contribution in [0.1, 0.15) is 25.0 Å². The summed E-state index contributed by atoms with van der Waals surface area (Å²) in [6, 6.07) is 5.03. The van der Waals surface area contributed by atoms with Crippen molar-refractivity contribution in [3.05, 3.63) is 23.8 Å². The van der Waals surface area contributed by atoms with Gasteiger partial charge < -0.3 is 25.2 Å². The average molecular weight is 385 g/mol. The summed E-state index contributed by atoms with van der Waals surface area (Å²) in [4.78, 5) is 4.39. The smallest absolute Gasteiger partial charge is 0.191 e. The molecule has 0 aliphatic carbocycles. The van der Waals surface area contributed by atoms with E-state index in [1.165, 1.54) is 7.11 Å². The predicted octanol–water partition coefficient (Wildman–Crippen LogP) is 0.479.